The lowest BCUT2D eigenvalue weighted by molar-refractivity contribution is 0.103. The maximum atomic E-state index is 13.1. The summed E-state index contributed by atoms with van der Waals surface area (Å²) >= 11 is 0. The summed E-state index contributed by atoms with van der Waals surface area (Å²) in [5.41, 5.74) is 0.728. The number of hydrogen-bond acceptors (Lipinski definition) is 8. The maximum absolute atomic E-state index is 13.1. The van der Waals surface area contributed by atoms with Crippen LogP contribution in [0.2, 0.25) is 0 Å². The second-order valence-corrected chi connectivity index (χ2v) is 8.99. The van der Waals surface area contributed by atoms with Gasteiger partial charge >= 0.3 is 0 Å². The zero-order chi connectivity index (χ0) is 29.5. The number of phenolic OH excluding ortho intramolecular Hbond substituents is 4. The van der Waals surface area contributed by atoms with Crippen LogP contribution in [0.5, 0.6) is 34.5 Å². The molecule has 0 bridgehead atoms. The summed E-state index contributed by atoms with van der Waals surface area (Å²) in [5, 5.41) is 43.7. The van der Waals surface area contributed by atoms with Crippen molar-refractivity contribution in [1.82, 2.24) is 0 Å². The first-order chi connectivity index (χ1) is 19.7. The number of methoxy groups -OCH3 is 2. The monoisotopic (exact) mass is 552 g/mol. The van der Waals surface area contributed by atoms with Gasteiger partial charge in [0.25, 0.3) is 0 Å². The van der Waals surface area contributed by atoms with Gasteiger partial charge in [-0.05, 0) is 23.3 Å². The highest BCUT2D eigenvalue weighted by Crippen LogP contribution is 2.44. The van der Waals surface area contributed by atoms with Crippen molar-refractivity contribution in [1.29, 1.82) is 0 Å². The fraction of sp³-hybridized carbons (Fsp3) is 0.0909. The predicted octanol–water partition coefficient (Wildman–Crippen LogP) is 5.91. The van der Waals surface area contributed by atoms with Crippen LogP contribution in [-0.2, 0) is 6.42 Å². The van der Waals surface area contributed by atoms with Gasteiger partial charge in [0.15, 0.2) is 11.6 Å². The number of aromatic hydroxyl groups is 4. The molecule has 0 radical (unpaired) electrons. The Hall–Kier alpha value is -5.50. The molecular formula is C33H28O8. The number of ketones is 2. The smallest absolute Gasteiger partial charge is 0.193 e. The highest BCUT2D eigenvalue weighted by Gasteiger charge is 2.27. The molecule has 41 heavy (non-hydrogen) atoms. The largest absolute Gasteiger partial charge is 0.507 e. The lowest BCUT2D eigenvalue weighted by atomic mass is 9.93. The highest BCUT2D eigenvalue weighted by atomic mass is 16.5. The minimum absolute atomic E-state index is 0.0726. The Morgan fingerprint density at radius 1 is 0.634 bits per heavy atom. The number of carbonyl (C=O) groups excluding carboxylic acids is 2. The van der Waals surface area contributed by atoms with Gasteiger partial charge in [-0.25, -0.2) is 0 Å². The zero-order valence-electron chi connectivity index (χ0n) is 22.4. The summed E-state index contributed by atoms with van der Waals surface area (Å²) in [4.78, 5) is 26.2. The fourth-order valence-corrected chi connectivity index (χ4v) is 4.31. The molecule has 0 spiro atoms. The van der Waals surface area contributed by atoms with Crippen molar-refractivity contribution in [2.75, 3.05) is 14.2 Å². The number of ether oxygens (including phenoxy) is 2. The van der Waals surface area contributed by atoms with Gasteiger partial charge in [-0.3, -0.25) is 9.59 Å². The lowest BCUT2D eigenvalue weighted by Gasteiger charge is -2.17. The Bertz CT molecular complexity index is 1510. The van der Waals surface area contributed by atoms with Crippen molar-refractivity contribution < 1.29 is 39.5 Å². The summed E-state index contributed by atoms with van der Waals surface area (Å²) in [6.45, 7) is 0. The Labute approximate surface area is 236 Å². The minimum atomic E-state index is -0.602. The maximum Gasteiger partial charge on any atom is 0.193 e. The van der Waals surface area contributed by atoms with E-state index in [4.69, 9.17) is 9.47 Å². The second kappa shape index (κ2) is 12.6. The van der Waals surface area contributed by atoms with Crippen molar-refractivity contribution in [2.24, 2.45) is 0 Å². The first-order valence-electron chi connectivity index (χ1n) is 12.5. The van der Waals surface area contributed by atoms with Crippen LogP contribution >= 0.6 is 0 Å². The van der Waals surface area contributed by atoms with E-state index < -0.39 is 41.0 Å². The van der Waals surface area contributed by atoms with Crippen LogP contribution < -0.4 is 9.47 Å². The molecule has 0 amide bonds. The van der Waals surface area contributed by atoms with Crippen molar-refractivity contribution in [3.8, 4) is 34.5 Å². The Balaban J connectivity index is 1.75. The number of phenols is 4. The van der Waals surface area contributed by atoms with Crippen LogP contribution in [0.4, 0.5) is 0 Å². The summed E-state index contributed by atoms with van der Waals surface area (Å²) in [6, 6.07) is 20.4. The number of carbonyl (C=O) groups is 2. The summed E-state index contributed by atoms with van der Waals surface area (Å²) in [6.07, 6.45) is 5.21. The van der Waals surface area contributed by atoms with Crippen molar-refractivity contribution in [2.45, 2.75) is 6.42 Å². The predicted molar refractivity (Wildman–Crippen MR) is 155 cm³/mol. The molecule has 8 heteroatoms. The molecule has 0 saturated heterocycles. The molecule has 0 aliphatic heterocycles. The van der Waals surface area contributed by atoms with E-state index in [9.17, 15) is 30.0 Å². The summed E-state index contributed by atoms with van der Waals surface area (Å²) in [5.74, 6) is -3.45. The lowest BCUT2D eigenvalue weighted by Crippen LogP contribution is -2.05. The fourth-order valence-electron chi connectivity index (χ4n) is 4.31. The molecule has 0 fully saturated rings. The minimum Gasteiger partial charge on any atom is -0.507 e. The average Bonchev–Trinajstić information content (AvgIpc) is 2.98. The molecule has 4 rings (SSSR count). The molecule has 0 aromatic heterocycles. The van der Waals surface area contributed by atoms with Crippen LogP contribution in [0.15, 0.2) is 84.9 Å². The third-order valence-electron chi connectivity index (χ3n) is 6.43. The first-order valence-corrected chi connectivity index (χ1v) is 12.5. The topological polar surface area (TPSA) is 134 Å². The zero-order valence-corrected chi connectivity index (χ0v) is 22.4. The van der Waals surface area contributed by atoms with Gasteiger partial charge in [0.1, 0.15) is 45.6 Å². The number of allylic oxidation sites excluding steroid dienone is 2. The molecule has 8 nitrogen and oxygen atoms in total. The number of hydrogen-bond donors (Lipinski definition) is 4. The van der Waals surface area contributed by atoms with Gasteiger partial charge in [-0.2, -0.15) is 0 Å². The van der Waals surface area contributed by atoms with Gasteiger partial charge in [0, 0.05) is 29.7 Å². The Kier molecular flexibility index (Phi) is 8.74. The average molecular weight is 553 g/mol. The van der Waals surface area contributed by atoms with E-state index >= 15 is 0 Å². The molecular weight excluding hydrogens is 524 g/mol. The second-order valence-electron chi connectivity index (χ2n) is 8.99. The SMILES string of the molecule is COc1cc(O)c(Cc2c(O)cc(OC)c(C(=O)/C=C/c3ccccc3)c2O)c(O)c1C(=O)/C=C/c1ccccc1. The van der Waals surface area contributed by atoms with Crippen molar-refractivity contribution in [3.63, 3.8) is 0 Å². The van der Waals surface area contributed by atoms with E-state index in [1.54, 1.807) is 36.4 Å². The van der Waals surface area contributed by atoms with E-state index in [-0.39, 0.29) is 33.8 Å². The van der Waals surface area contributed by atoms with Gasteiger partial charge in [0.05, 0.1) is 14.2 Å². The van der Waals surface area contributed by atoms with Crippen LogP contribution in [-0.4, -0.2) is 46.2 Å². The van der Waals surface area contributed by atoms with Gasteiger partial charge in [-0.1, -0.05) is 72.8 Å². The van der Waals surface area contributed by atoms with Crippen molar-refractivity contribution >= 4 is 23.7 Å². The molecule has 0 atom stereocenters. The Morgan fingerprint density at radius 3 is 1.34 bits per heavy atom. The molecule has 4 aromatic carbocycles. The molecule has 0 unspecified atom stereocenters. The van der Waals surface area contributed by atoms with Gasteiger partial charge < -0.3 is 29.9 Å². The number of benzene rings is 4. The molecule has 0 heterocycles. The highest BCUT2D eigenvalue weighted by molar-refractivity contribution is 6.12. The third kappa shape index (κ3) is 6.23. The van der Waals surface area contributed by atoms with Crippen LogP contribution in [0.1, 0.15) is 43.0 Å². The summed E-state index contributed by atoms with van der Waals surface area (Å²) in [7, 11) is 2.57. The van der Waals surface area contributed by atoms with Crippen LogP contribution in [0, 0.1) is 0 Å². The summed E-state index contributed by atoms with van der Waals surface area (Å²) < 4.78 is 10.5. The molecule has 4 aromatic rings. The number of rotatable bonds is 10. The quantitative estimate of drug-likeness (QED) is 0.141. The molecule has 0 saturated carbocycles. The molecule has 0 aliphatic rings. The standard InChI is InChI=1S/C33H28O8/c1-40-28-18-26(36)22(32(38)30(28)24(34)15-13-20-9-5-3-6-10-20)17-23-27(37)19-29(41-2)31(33(23)39)25(35)16-14-21-11-7-4-8-12-21/h3-16,18-19,36-39H,17H2,1-2H3/b15-13+,16-14+. The molecule has 4 N–H and O–H groups in total. The van der Waals surface area contributed by atoms with Crippen molar-refractivity contribution in [3.05, 3.63) is 118 Å². The van der Waals surface area contributed by atoms with Gasteiger partial charge in [-0.15, -0.1) is 0 Å². The van der Waals surface area contributed by atoms with E-state index in [1.165, 1.54) is 26.4 Å². The van der Waals surface area contributed by atoms with E-state index in [1.807, 2.05) is 36.4 Å². The molecule has 0 aliphatic carbocycles. The normalized spacial score (nSPS) is 11.2. The van der Waals surface area contributed by atoms with E-state index in [2.05, 4.69) is 0 Å². The van der Waals surface area contributed by atoms with Crippen LogP contribution in [0.25, 0.3) is 12.2 Å². The first kappa shape index (κ1) is 28.5. The van der Waals surface area contributed by atoms with E-state index in [0.29, 0.717) is 0 Å². The van der Waals surface area contributed by atoms with E-state index in [0.717, 1.165) is 23.3 Å². The molecule has 208 valence electrons. The third-order valence-corrected chi connectivity index (χ3v) is 6.43. The van der Waals surface area contributed by atoms with Gasteiger partial charge in [0.2, 0.25) is 0 Å². The Morgan fingerprint density at radius 2 is 1.00 bits per heavy atom. The van der Waals surface area contributed by atoms with Crippen LogP contribution in [0.3, 0.4) is 0 Å².